The molecule has 0 unspecified atom stereocenters. The van der Waals surface area contributed by atoms with Gasteiger partial charge < -0.3 is 4.74 Å². The second kappa shape index (κ2) is 3.29. The molecular weight excluding hydrogens is 182 g/mol. The highest BCUT2D eigenvalue weighted by Crippen LogP contribution is 2.22. The zero-order chi connectivity index (χ0) is 9.24. The van der Waals surface area contributed by atoms with E-state index in [1.54, 1.807) is 13.8 Å². The summed E-state index contributed by atoms with van der Waals surface area (Å²) in [4.78, 5) is 0. The maximum absolute atomic E-state index is 11.1. The first-order chi connectivity index (χ1) is 5.47. The van der Waals surface area contributed by atoms with E-state index >= 15 is 0 Å². The minimum Gasteiger partial charge on any atom is -0.375 e. The molecule has 1 heterocycles. The van der Waals surface area contributed by atoms with Crippen LogP contribution in [0.25, 0.3) is 0 Å². The van der Waals surface area contributed by atoms with Crippen LogP contribution in [0.4, 0.5) is 0 Å². The summed E-state index contributed by atoms with van der Waals surface area (Å²) in [6.07, 6.45) is 0. The van der Waals surface area contributed by atoms with Gasteiger partial charge in [0.05, 0.1) is 13.2 Å². The van der Waals surface area contributed by atoms with Gasteiger partial charge >= 0.3 is 10.3 Å². The Bertz CT molecular complexity index is 244. The van der Waals surface area contributed by atoms with E-state index in [1.165, 1.54) is 0 Å². The van der Waals surface area contributed by atoms with E-state index in [1.807, 2.05) is 0 Å². The van der Waals surface area contributed by atoms with Gasteiger partial charge in [0.2, 0.25) is 0 Å². The SMILES string of the molecule is CCNS(=O)(=O)OC1(C)COC1. The number of nitrogens with one attached hydrogen (secondary N) is 1. The minimum atomic E-state index is -3.58. The fourth-order valence-corrected chi connectivity index (χ4v) is 1.95. The van der Waals surface area contributed by atoms with E-state index in [-0.39, 0.29) is 0 Å². The van der Waals surface area contributed by atoms with Gasteiger partial charge in [0, 0.05) is 6.54 Å². The Hall–Kier alpha value is -0.170. The van der Waals surface area contributed by atoms with Crippen LogP contribution in [0.3, 0.4) is 0 Å². The normalized spacial score (nSPS) is 21.8. The summed E-state index contributed by atoms with van der Waals surface area (Å²) in [5.74, 6) is 0. The molecule has 1 aliphatic heterocycles. The average Bonchev–Trinajstić information content (AvgIpc) is 1.83. The van der Waals surface area contributed by atoms with E-state index in [0.717, 1.165) is 0 Å². The first kappa shape index (κ1) is 9.91. The molecular formula is C6H13NO4S. The molecule has 0 aliphatic carbocycles. The molecule has 0 aromatic rings. The van der Waals surface area contributed by atoms with E-state index < -0.39 is 15.9 Å². The van der Waals surface area contributed by atoms with Crippen molar-refractivity contribution in [2.75, 3.05) is 19.8 Å². The number of hydrogen-bond acceptors (Lipinski definition) is 4. The summed E-state index contributed by atoms with van der Waals surface area (Å²) in [6.45, 7) is 4.39. The number of hydrogen-bond donors (Lipinski definition) is 1. The lowest BCUT2D eigenvalue weighted by Crippen LogP contribution is -2.52. The summed E-state index contributed by atoms with van der Waals surface area (Å²) in [7, 11) is -3.58. The lowest BCUT2D eigenvalue weighted by Gasteiger charge is -2.36. The lowest BCUT2D eigenvalue weighted by molar-refractivity contribution is -0.147. The fourth-order valence-electron chi connectivity index (χ4n) is 0.909. The van der Waals surface area contributed by atoms with Gasteiger partial charge in [-0.15, -0.1) is 0 Å². The van der Waals surface area contributed by atoms with Gasteiger partial charge in [-0.05, 0) is 6.92 Å². The largest absolute Gasteiger partial charge is 0.375 e. The maximum atomic E-state index is 11.1. The van der Waals surface area contributed by atoms with Crippen molar-refractivity contribution < 1.29 is 17.3 Å². The van der Waals surface area contributed by atoms with Crippen LogP contribution >= 0.6 is 0 Å². The predicted octanol–water partition coefficient (Wildman–Crippen LogP) is -0.354. The van der Waals surface area contributed by atoms with Gasteiger partial charge in [0.25, 0.3) is 0 Å². The van der Waals surface area contributed by atoms with Crippen molar-refractivity contribution in [2.45, 2.75) is 19.4 Å². The van der Waals surface area contributed by atoms with Crippen molar-refractivity contribution in [3.63, 3.8) is 0 Å². The van der Waals surface area contributed by atoms with E-state index in [4.69, 9.17) is 8.92 Å². The number of ether oxygens (including phenoxy) is 1. The molecule has 0 bridgehead atoms. The third-order valence-electron chi connectivity index (χ3n) is 1.45. The third-order valence-corrected chi connectivity index (χ3v) is 2.71. The van der Waals surface area contributed by atoms with Gasteiger partial charge in [0.1, 0.15) is 5.60 Å². The van der Waals surface area contributed by atoms with Crippen molar-refractivity contribution in [3.8, 4) is 0 Å². The highest BCUT2D eigenvalue weighted by molar-refractivity contribution is 7.84. The molecule has 12 heavy (non-hydrogen) atoms. The highest BCUT2D eigenvalue weighted by Gasteiger charge is 2.39. The summed E-state index contributed by atoms with van der Waals surface area (Å²) in [5, 5.41) is 0. The van der Waals surface area contributed by atoms with Crippen molar-refractivity contribution in [1.29, 1.82) is 0 Å². The maximum Gasteiger partial charge on any atom is 0.336 e. The molecule has 0 amide bonds. The first-order valence-electron chi connectivity index (χ1n) is 3.75. The van der Waals surface area contributed by atoms with E-state index in [2.05, 4.69) is 4.72 Å². The third kappa shape index (κ3) is 2.41. The van der Waals surface area contributed by atoms with Crippen molar-refractivity contribution in [1.82, 2.24) is 4.72 Å². The van der Waals surface area contributed by atoms with Gasteiger partial charge in [-0.2, -0.15) is 13.1 Å². The molecule has 0 aromatic heterocycles. The monoisotopic (exact) mass is 195 g/mol. The van der Waals surface area contributed by atoms with Crippen LogP contribution in [0, 0.1) is 0 Å². The van der Waals surface area contributed by atoms with E-state index in [9.17, 15) is 8.42 Å². The van der Waals surface area contributed by atoms with Crippen LogP contribution in [-0.2, 0) is 19.2 Å². The standard InChI is InChI=1S/C6H13NO4S/c1-3-7-12(8,9)11-6(2)4-10-5-6/h7H,3-5H2,1-2H3. The smallest absolute Gasteiger partial charge is 0.336 e. The molecule has 1 aliphatic rings. The van der Waals surface area contributed by atoms with Crippen molar-refractivity contribution in [3.05, 3.63) is 0 Å². The second-order valence-corrected chi connectivity index (χ2v) is 4.34. The van der Waals surface area contributed by atoms with Crippen LogP contribution in [0.15, 0.2) is 0 Å². The Morgan fingerprint density at radius 1 is 1.58 bits per heavy atom. The molecule has 1 saturated heterocycles. The number of rotatable bonds is 4. The molecule has 5 nitrogen and oxygen atoms in total. The summed E-state index contributed by atoms with van der Waals surface area (Å²) in [6, 6.07) is 0. The Morgan fingerprint density at radius 2 is 2.17 bits per heavy atom. The second-order valence-electron chi connectivity index (χ2n) is 2.98. The molecule has 1 fully saturated rings. The lowest BCUT2D eigenvalue weighted by atomic mass is 10.1. The predicted molar refractivity (Wildman–Crippen MR) is 42.9 cm³/mol. The quantitative estimate of drug-likeness (QED) is 0.665. The molecule has 72 valence electrons. The summed E-state index contributed by atoms with van der Waals surface area (Å²) in [5.41, 5.74) is -0.666. The molecule has 1 N–H and O–H groups in total. The zero-order valence-corrected chi connectivity index (χ0v) is 7.98. The topological polar surface area (TPSA) is 64.6 Å². The van der Waals surface area contributed by atoms with Crippen molar-refractivity contribution >= 4 is 10.3 Å². The Morgan fingerprint density at radius 3 is 2.50 bits per heavy atom. The molecule has 0 saturated carbocycles. The minimum absolute atomic E-state index is 0.331. The zero-order valence-electron chi connectivity index (χ0n) is 7.16. The molecule has 0 radical (unpaired) electrons. The fraction of sp³-hybridized carbons (Fsp3) is 1.00. The summed E-state index contributed by atoms with van der Waals surface area (Å²) >= 11 is 0. The van der Waals surface area contributed by atoms with Gasteiger partial charge in [-0.1, -0.05) is 6.92 Å². The highest BCUT2D eigenvalue weighted by atomic mass is 32.2. The molecule has 0 spiro atoms. The van der Waals surface area contributed by atoms with Gasteiger partial charge in [-0.3, -0.25) is 0 Å². The molecule has 1 rings (SSSR count). The molecule has 6 heteroatoms. The average molecular weight is 195 g/mol. The van der Waals surface area contributed by atoms with Crippen LogP contribution in [0.2, 0.25) is 0 Å². The first-order valence-corrected chi connectivity index (χ1v) is 5.16. The van der Waals surface area contributed by atoms with Gasteiger partial charge in [-0.25, -0.2) is 4.18 Å². The van der Waals surface area contributed by atoms with Crippen LogP contribution in [0.1, 0.15) is 13.8 Å². The van der Waals surface area contributed by atoms with Crippen LogP contribution < -0.4 is 4.72 Å². The van der Waals surface area contributed by atoms with Gasteiger partial charge in [0.15, 0.2) is 0 Å². The van der Waals surface area contributed by atoms with Crippen LogP contribution in [-0.4, -0.2) is 33.8 Å². The van der Waals surface area contributed by atoms with E-state index in [0.29, 0.717) is 19.8 Å². The Balaban J connectivity index is 2.49. The van der Waals surface area contributed by atoms with Crippen molar-refractivity contribution in [2.24, 2.45) is 0 Å². The Kier molecular flexibility index (Phi) is 2.72. The molecule has 0 aromatic carbocycles. The Labute approximate surface area is 72.3 Å². The van der Waals surface area contributed by atoms with Crippen LogP contribution in [0.5, 0.6) is 0 Å². The molecule has 0 atom stereocenters. The summed E-state index contributed by atoms with van der Waals surface area (Å²) < 4.78 is 34.0.